The lowest BCUT2D eigenvalue weighted by molar-refractivity contribution is -0.119. The van der Waals surface area contributed by atoms with Crippen molar-refractivity contribution in [2.24, 2.45) is 5.73 Å². The van der Waals surface area contributed by atoms with E-state index in [0.29, 0.717) is 0 Å². The van der Waals surface area contributed by atoms with E-state index in [4.69, 9.17) is 5.73 Å². The summed E-state index contributed by atoms with van der Waals surface area (Å²) in [5, 5.41) is 2.77. The van der Waals surface area contributed by atoms with Crippen molar-refractivity contribution < 1.29 is 9.00 Å². The van der Waals surface area contributed by atoms with Crippen LogP contribution in [-0.2, 0) is 15.6 Å². The van der Waals surface area contributed by atoms with Gasteiger partial charge in [-0.2, -0.15) is 0 Å². The van der Waals surface area contributed by atoms with Crippen molar-refractivity contribution in [1.29, 1.82) is 0 Å². The van der Waals surface area contributed by atoms with E-state index in [1.54, 1.807) is 0 Å². The van der Waals surface area contributed by atoms with E-state index in [1.807, 2.05) is 13.8 Å². The molecule has 5 heteroatoms. The Bertz CT molecular complexity index is 295. The van der Waals surface area contributed by atoms with E-state index in [-0.39, 0.29) is 29.0 Å². The summed E-state index contributed by atoms with van der Waals surface area (Å²) in [6.07, 6.45) is 6.44. The third kappa shape index (κ3) is 5.48. The summed E-state index contributed by atoms with van der Waals surface area (Å²) in [6, 6.07) is 0.0819. The minimum absolute atomic E-state index is 0.0109. The zero-order valence-corrected chi connectivity index (χ0v) is 12.3. The Kier molecular flexibility index (Phi) is 6.86. The second-order valence-corrected chi connectivity index (χ2v) is 7.10. The molecule has 0 aromatic heterocycles. The molecule has 3 N–H and O–H groups in total. The van der Waals surface area contributed by atoms with Gasteiger partial charge in [0.15, 0.2) is 0 Å². The monoisotopic (exact) mass is 274 g/mol. The lowest BCUT2D eigenvalue weighted by atomic mass is 9.97. The first-order valence-corrected chi connectivity index (χ1v) is 8.31. The lowest BCUT2D eigenvalue weighted by Crippen LogP contribution is -2.42. The molecule has 0 heterocycles. The predicted molar refractivity (Wildman–Crippen MR) is 75.8 cm³/mol. The van der Waals surface area contributed by atoms with E-state index in [0.717, 1.165) is 25.7 Å². The predicted octanol–water partition coefficient (Wildman–Crippen LogP) is 1.31. The summed E-state index contributed by atoms with van der Waals surface area (Å²) in [5.41, 5.74) is 6.10. The highest BCUT2D eigenvalue weighted by molar-refractivity contribution is 7.86. The Morgan fingerprint density at radius 1 is 1.28 bits per heavy atom. The molecule has 4 nitrogen and oxygen atoms in total. The number of hydrogen-bond donors (Lipinski definition) is 2. The summed E-state index contributed by atoms with van der Waals surface area (Å²) < 4.78 is 12.2. The molecule has 0 aromatic carbocycles. The van der Waals surface area contributed by atoms with Crippen molar-refractivity contribution in [3.8, 4) is 0 Å². The summed E-state index contributed by atoms with van der Waals surface area (Å²) >= 11 is 0. The number of carbonyl (C=O) groups is 1. The van der Waals surface area contributed by atoms with Crippen LogP contribution in [0, 0.1) is 0 Å². The Balaban J connectivity index is 2.49. The average molecular weight is 274 g/mol. The number of nitrogens with two attached hydrogens (primary N) is 1. The van der Waals surface area contributed by atoms with Crippen LogP contribution in [0.15, 0.2) is 0 Å². The molecule has 3 unspecified atom stereocenters. The third-order valence-corrected chi connectivity index (χ3v) is 5.12. The van der Waals surface area contributed by atoms with Gasteiger partial charge in [0, 0.05) is 22.9 Å². The lowest BCUT2D eigenvalue weighted by Gasteiger charge is -2.25. The largest absolute Gasteiger partial charge is 0.353 e. The van der Waals surface area contributed by atoms with Crippen molar-refractivity contribution in [3.05, 3.63) is 0 Å². The van der Waals surface area contributed by atoms with Gasteiger partial charge >= 0.3 is 0 Å². The maximum Gasteiger partial charge on any atom is 0.232 e. The molecule has 18 heavy (non-hydrogen) atoms. The molecule has 0 radical (unpaired) electrons. The maximum absolute atomic E-state index is 12.2. The molecule has 1 aliphatic carbocycles. The molecule has 0 bridgehead atoms. The SMILES string of the molecule is CC(C)NC(=O)CS(=O)C1CCCCCCC1N. The van der Waals surface area contributed by atoms with Gasteiger partial charge in [0.1, 0.15) is 5.75 Å². The molecule has 1 saturated carbocycles. The van der Waals surface area contributed by atoms with E-state index in [2.05, 4.69) is 5.32 Å². The Morgan fingerprint density at radius 2 is 1.89 bits per heavy atom. The zero-order valence-electron chi connectivity index (χ0n) is 11.5. The quantitative estimate of drug-likeness (QED) is 0.812. The van der Waals surface area contributed by atoms with E-state index in [1.165, 1.54) is 12.8 Å². The van der Waals surface area contributed by atoms with Crippen LogP contribution in [0.25, 0.3) is 0 Å². The minimum Gasteiger partial charge on any atom is -0.353 e. The highest BCUT2D eigenvalue weighted by Gasteiger charge is 2.26. The number of rotatable bonds is 4. The molecule has 0 saturated heterocycles. The smallest absolute Gasteiger partial charge is 0.232 e. The second-order valence-electron chi connectivity index (χ2n) is 5.44. The molecule has 0 aliphatic heterocycles. The van der Waals surface area contributed by atoms with Crippen LogP contribution in [-0.4, -0.2) is 33.2 Å². The van der Waals surface area contributed by atoms with Gasteiger partial charge in [0.25, 0.3) is 0 Å². The van der Waals surface area contributed by atoms with Crippen molar-refractivity contribution in [3.63, 3.8) is 0 Å². The van der Waals surface area contributed by atoms with E-state index < -0.39 is 10.8 Å². The van der Waals surface area contributed by atoms with Gasteiger partial charge < -0.3 is 11.1 Å². The normalized spacial score (nSPS) is 27.3. The molecule has 3 atom stereocenters. The summed E-state index contributed by atoms with van der Waals surface area (Å²) in [6.45, 7) is 3.81. The molecular formula is C13H26N2O2S. The van der Waals surface area contributed by atoms with Gasteiger partial charge in [-0.1, -0.05) is 25.7 Å². The van der Waals surface area contributed by atoms with Gasteiger partial charge in [-0.25, -0.2) is 0 Å². The van der Waals surface area contributed by atoms with Gasteiger partial charge in [-0.15, -0.1) is 0 Å². The molecule has 1 amide bonds. The van der Waals surface area contributed by atoms with Crippen molar-refractivity contribution in [2.45, 2.75) is 69.7 Å². The standard InChI is InChI=1S/C13H26N2O2S/c1-10(2)15-13(16)9-18(17)12-8-6-4-3-5-7-11(12)14/h10-12H,3-9,14H2,1-2H3,(H,15,16). The Hall–Kier alpha value is -0.420. The Labute approximate surface area is 113 Å². The summed E-state index contributed by atoms with van der Waals surface area (Å²) in [7, 11) is -1.14. The third-order valence-electron chi connectivity index (χ3n) is 3.31. The van der Waals surface area contributed by atoms with Crippen LogP contribution in [0.3, 0.4) is 0 Å². The van der Waals surface area contributed by atoms with E-state index >= 15 is 0 Å². The maximum atomic E-state index is 12.2. The topological polar surface area (TPSA) is 72.2 Å². The summed E-state index contributed by atoms with van der Waals surface area (Å²) in [5.74, 6) is -0.0334. The Morgan fingerprint density at radius 3 is 2.50 bits per heavy atom. The van der Waals surface area contributed by atoms with Crippen molar-refractivity contribution in [2.75, 3.05) is 5.75 Å². The molecule has 0 spiro atoms. The fraction of sp³-hybridized carbons (Fsp3) is 0.923. The first-order chi connectivity index (χ1) is 8.50. The van der Waals surface area contributed by atoms with Crippen LogP contribution < -0.4 is 11.1 Å². The number of carbonyl (C=O) groups excluding carboxylic acids is 1. The number of nitrogens with one attached hydrogen (secondary N) is 1. The highest BCUT2D eigenvalue weighted by atomic mass is 32.2. The number of amides is 1. The average Bonchev–Trinajstić information content (AvgIpc) is 2.22. The van der Waals surface area contributed by atoms with Crippen molar-refractivity contribution in [1.82, 2.24) is 5.32 Å². The minimum atomic E-state index is -1.14. The van der Waals surface area contributed by atoms with Gasteiger partial charge in [0.2, 0.25) is 5.91 Å². The fourth-order valence-corrected chi connectivity index (χ4v) is 3.92. The van der Waals surface area contributed by atoms with Gasteiger partial charge in [-0.3, -0.25) is 9.00 Å². The van der Waals surface area contributed by atoms with E-state index in [9.17, 15) is 9.00 Å². The summed E-state index contributed by atoms with van der Waals surface area (Å²) in [4.78, 5) is 11.6. The van der Waals surface area contributed by atoms with Crippen LogP contribution in [0.1, 0.15) is 52.4 Å². The van der Waals surface area contributed by atoms with Gasteiger partial charge in [0.05, 0.1) is 5.25 Å². The molecule has 1 rings (SSSR count). The van der Waals surface area contributed by atoms with Gasteiger partial charge in [-0.05, 0) is 26.7 Å². The molecular weight excluding hydrogens is 248 g/mol. The first kappa shape index (κ1) is 15.6. The zero-order chi connectivity index (χ0) is 13.5. The van der Waals surface area contributed by atoms with Crippen molar-refractivity contribution >= 4 is 16.7 Å². The fourth-order valence-electron chi connectivity index (χ4n) is 2.41. The molecule has 1 fully saturated rings. The van der Waals surface area contributed by atoms with Crippen LogP contribution >= 0.6 is 0 Å². The molecule has 0 aromatic rings. The van der Waals surface area contributed by atoms with Crippen LogP contribution in [0.4, 0.5) is 0 Å². The first-order valence-electron chi connectivity index (χ1n) is 6.93. The second kappa shape index (κ2) is 7.89. The number of hydrogen-bond acceptors (Lipinski definition) is 3. The van der Waals surface area contributed by atoms with Crippen LogP contribution in [0.2, 0.25) is 0 Å². The molecule has 106 valence electrons. The van der Waals surface area contributed by atoms with Crippen LogP contribution in [0.5, 0.6) is 0 Å². The molecule has 1 aliphatic rings. The highest BCUT2D eigenvalue weighted by Crippen LogP contribution is 2.20.